The molecule has 1 fully saturated rings. The molecule has 1 aliphatic rings. The molecular formula is C13H15NO. The van der Waals surface area contributed by atoms with E-state index in [4.69, 9.17) is 4.42 Å². The van der Waals surface area contributed by atoms with Crippen LogP contribution in [0.1, 0.15) is 24.8 Å². The second-order valence-corrected chi connectivity index (χ2v) is 4.43. The molecule has 0 saturated carbocycles. The zero-order chi connectivity index (χ0) is 10.3. The molecule has 1 saturated heterocycles. The molecule has 2 aromatic rings. The van der Waals surface area contributed by atoms with Gasteiger partial charge in [-0.2, -0.15) is 0 Å². The molecule has 0 amide bonds. The monoisotopic (exact) mass is 201 g/mol. The van der Waals surface area contributed by atoms with Crippen molar-refractivity contribution in [3.05, 3.63) is 36.1 Å². The Morgan fingerprint density at radius 2 is 2.20 bits per heavy atom. The van der Waals surface area contributed by atoms with Crippen LogP contribution >= 0.6 is 0 Å². The Balaban J connectivity index is 2.04. The van der Waals surface area contributed by atoms with Gasteiger partial charge in [-0.15, -0.1) is 0 Å². The molecule has 2 heteroatoms. The molecule has 1 aromatic carbocycles. The largest absolute Gasteiger partial charge is 0.464 e. The Labute approximate surface area is 89.3 Å². The molecule has 1 N–H and O–H groups in total. The number of para-hydroxylation sites is 1. The molecule has 15 heavy (non-hydrogen) atoms. The maximum absolute atomic E-state index is 5.57. The summed E-state index contributed by atoms with van der Waals surface area (Å²) in [6, 6.07) is 8.91. The van der Waals surface area contributed by atoms with Gasteiger partial charge in [-0.1, -0.05) is 18.2 Å². The lowest BCUT2D eigenvalue weighted by molar-refractivity contribution is 0.601. The van der Waals surface area contributed by atoms with E-state index in [2.05, 4.69) is 24.4 Å². The molecule has 0 aliphatic carbocycles. The number of benzene rings is 1. The van der Waals surface area contributed by atoms with Crippen molar-refractivity contribution in [2.75, 3.05) is 6.54 Å². The highest BCUT2D eigenvalue weighted by molar-refractivity contribution is 5.81. The number of hydrogen-bond donors (Lipinski definition) is 1. The van der Waals surface area contributed by atoms with Gasteiger partial charge in [-0.3, -0.25) is 0 Å². The van der Waals surface area contributed by atoms with Crippen molar-refractivity contribution < 1.29 is 4.42 Å². The molecule has 1 aromatic heterocycles. The van der Waals surface area contributed by atoms with Gasteiger partial charge in [-0.25, -0.2) is 0 Å². The van der Waals surface area contributed by atoms with Gasteiger partial charge in [0, 0.05) is 29.5 Å². The lowest BCUT2D eigenvalue weighted by Crippen LogP contribution is -2.16. The van der Waals surface area contributed by atoms with E-state index >= 15 is 0 Å². The van der Waals surface area contributed by atoms with E-state index in [-0.39, 0.29) is 0 Å². The number of nitrogens with one attached hydrogen (secondary N) is 1. The molecular weight excluding hydrogens is 186 g/mol. The fraction of sp³-hybridized carbons (Fsp3) is 0.385. The van der Waals surface area contributed by atoms with E-state index in [1.165, 1.54) is 17.4 Å². The Morgan fingerprint density at radius 1 is 1.33 bits per heavy atom. The molecule has 78 valence electrons. The highest BCUT2D eigenvalue weighted by Crippen LogP contribution is 2.32. The first-order valence-electron chi connectivity index (χ1n) is 5.54. The third kappa shape index (κ3) is 1.45. The van der Waals surface area contributed by atoms with Crippen LogP contribution in [-0.2, 0) is 0 Å². The summed E-state index contributed by atoms with van der Waals surface area (Å²) in [6.45, 7) is 3.31. The first-order valence-corrected chi connectivity index (χ1v) is 5.54. The maximum Gasteiger partial charge on any atom is 0.134 e. The van der Waals surface area contributed by atoms with Gasteiger partial charge in [0.2, 0.25) is 0 Å². The van der Waals surface area contributed by atoms with Crippen LogP contribution < -0.4 is 5.32 Å². The average molecular weight is 201 g/mol. The normalized spacial score (nSPS) is 26.2. The Morgan fingerprint density at radius 3 is 3.00 bits per heavy atom. The van der Waals surface area contributed by atoms with Crippen LogP contribution in [0.5, 0.6) is 0 Å². The van der Waals surface area contributed by atoms with Gasteiger partial charge >= 0.3 is 0 Å². The van der Waals surface area contributed by atoms with Crippen LogP contribution in [0, 0.1) is 0 Å². The Bertz CT molecular complexity index is 474. The van der Waals surface area contributed by atoms with E-state index in [1.807, 2.05) is 18.4 Å². The molecule has 2 atom stereocenters. The Kier molecular flexibility index (Phi) is 2.03. The quantitative estimate of drug-likeness (QED) is 0.767. The number of furan rings is 1. The standard InChI is InChI=1S/C13H15NO/c1-9-6-10(7-14-9)12-8-15-13-5-3-2-4-11(12)13/h2-5,8-10,14H,6-7H2,1H3. The molecule has 0 bridgehead atoms. The summed E-state index contributed by atoms with van der Waals surface area (Å²) in [5.41, 5.74) is 2.37. The first-order chi connectivity index (χ1) is 7.34. The van der Waals surface area contributed by atoms with Gasteiger partial charge in [-0.05, 0) is 19.4 Å². The lowest BCUT2D eigenvalue weighted by Gasteiger charge is -2.05. The fourth-order valence-corrected chi connectivity index (χ4v) is 2.49. The van der Waals surface area contributed by atoms with Crippen LogP contribution in [-0.4, -0.2) is 12.6 Å². The van der Waals surface area contributed by atoms with Gasteiger partial charge in [0.1, 0.15) is 5.58 Å². The second-order valence-electron chi connectivity index (χ2n) is 4.43. The lowest BCUT2D eigenvalue weighted by atomic mass is 9.96. The van der Waals surface area contributed by atoms with Crippen molar-refractivity contribution in [2.24, 2.45) is 0 Å². The Hall–Kier alpha value is -1.28. The number of hydrogen-bond acceptors (Lipinski definition) is 2. The van der Waals surface area contributed by atoms with Crippen LogP contribution in [0.4, 0.5) is 0 Å². The topological polar surface area (TPSA) is 25.2 Å². The molecule has 2 nitrogen and oxygen atoms in total. The van der Waals surface area contributed by atoms with Gasteiger partial charge in [0.25, 0.3) is 0 Å². The predicted octanol–water partition coefficient (Wildman–Crippen LogP) is 2.90. The van der Waals surface area contributed by atoms with Crippen molar-refractivity contribution in [1.29, 1.82) is 0 Å². The molecule has 0 spiro atoms. The van der Waals surface area contributed by atoms with E-state index in [9.17, 15) is 0 Å². The summed E-state index contributed by atoms with van der Waals surface area (Å²) in [7, 11) is 0. The van der Waals surface area contributed by atoms with Crippen molar-refractivity contribution in [3.8, 4) is 0 Å². The average Bonchev–Trinajstić information content (AvgIpc) is 2.83. The van der Waals surface area contributed by atoms with E-state index in [1.54, 1.807) is 0 Å². The zero-order valence-electron chi connectivity index (χ0n) is 8.86. The molecule has 2 heterocycles. The number of rotatable bonds is 1. The molecule has 2 unspecified atom stereocenters. The van der Waals surface area contributed by atoms with Crippen molar-refractivity contribution in [3.63, 3.8) is 0 Å². The molecule has 0 radical (unpaired) electrons. The van der Waals surface area contributed by atoms with Gasteiger partial charge in [0.05, 0.1) is 6.26 Å². The fourth-order valence-electron chi connectivity index (χ4n) is 2.49. The smallest absolute Gasteiger partial charge is 0.134 e. The molecule has 3 rings (SSSR count). The van der Waals surface area contributed by atoms with Crippen LogP contribution in [0.25, 0.3) is 11.0 Å². The summed E-state index contributed by atoms with van der Waals surface area (Å²) in [5, 5.41) is 4.76. The van der Waals surface area contributed by atoms with E-state index in [0.717, 1.165) is 12.1 Å². The van der Waals surface area contributed by atoms with E-state index in [0.29, 0.717) is 12.0 Å². The minimum Gasteiger partial charge on any atom is -0.464 e. The second kappa shape index (κ2) is 3.38. The highest BCUT2D eigenvalue weighted by atomic mass is 16.3. The predicted molar refractivity (Wildman–Crippen MR) is 61.0 cm³/mol. The van der Waals surface area contributed by atoms with Crippen LogP contribution in [0.2, 0.25) is 0 Å². The zero-order valence-corrected chi connectivity index (χ0v) is 8.86. The van der Waals surface area contributed by atoms with Crippen molar-refractivity contribution in [1.82, 2.24) is 5.32 Å². The summed E-state index contributed by atoms with van der Waals surface area (Å²) < 4.78 is 5.57. The SMILES string of the molecule is CC1CC(c2coc3ccccc23)CN1. The highest BCUT2D eigenvalue weighted by Gasteiger charge is 2.24. The maximum atomic E-state index is 5.57. The summed E-state index contributed by atoms with van der Waals surface area (Å²) in [4.78, 5) is 0. The van der Waals surface area contributed by atoms with Crippen LogP contribution in [0.15, 0.2) is 34.9 Å². The summed E-state index contributed by atoms with van der Waals surface area (Å²) in [5.74, 6) is 0.614. The van der Waals surface area contributed by atoms with Crippen molar-refractivity contribution >= 4 is 11.0 Å². The third-order valence-corrected chi connectivity index (χ3v) is 3.30. The minimum atomic E-state index is 0.614. The summed E-state index contributed by atoms with van der Waals surface area (Å²) >= 11 is 0. The third-order valence-electron chi connectivity index (χ3n) is 3.30. The minimum absolute atomic E-state index is 0.614. The van der Waals surface area contributed by atoms with Gasteiger partial charge < -0.3 is 9.73 Å². The van der Waals surface area contributed by atoms with Crippen molar-refractivity contribution in [2.45, 2.75) is 25.3 Å². The summed E-state index contributed by atoms with van der Waals surface area (Å²) in [6.07, 6.45) is 3.14. The van der Waals surface area contributed by atoms with Gasteiger partial charge in [0.15, 0.2) is 0 Å². The number of fused-ring (bicyclic) bond motifs is 1. The van der Waals surface area contributed by atoms with E-state index < -0.39 is 0 Å². The first kappa shape index (κ1) is 8.98. The molecule has 1 aliphatic heterocycles. The van der Waals surface area contributed by atoms with Crippen LogP contribution in [0.3, 0.4) is 0 Å².